The van der Waals surface area contributed by atoms with Crippen LogP contribution >= 0.6 is 15.9 Å². The second-order valence-electron chi connectivity index (χ2n) is 4.37. The Morgan fingerprint density at radius 2 is 1.86 bits per heavy atom. The molecule has 1 amide bonds. The van der Waals surface area contributed by atoms with Crippen LogP contribution in [-0.4, -0.2) is 5.91 Å². The van der Waals surface area contributed by atoms with Gasteiger partial charge in [-0.1, -0.05) is 34.1 Å². The predicted molar refractivity (Wildman–Crippen MR) is 87.5 cm³/mol. The Hall–Kier alpha value is -2.89. The van der Waals surface area contributed by atoms with E-state index in [9.17, 15) is 4.79 Å². The lowest BCUT2D eigenvalue weighted by Gasteiger charge is -2.04. The highest BCUT2D eigenvalue weighted by molar-refractivity contribution is 9.10. The zero-order valence-corrected chi connectivity index (χ0v) is 13.0. The van der Waals surface area contributed by atoms with Crippen molar-refractivity contribution >= 4 is 33.6 Å². The second kappa shape index (κ2) is 7.21. The SMILES string of the molecule is N#C/C(=C/c1ccc(C#N)cc1)C(=O)Nc1cccc(Br)c1. The number of rotatable bonds is 3. The van der Waals surface area contributed by atoms with Crippen molar-refractivity contribution in [2.45, 2.75) is 0 Å². The van der Waals surface area contributed by atoms with E-state index >= 15 is 0 Å². The number of hydrogen-bond donors (Lipinski definition) is 1. The maximum Gasteiger partial charge on any atom is 0.266 e. The van der Waals surface area contributed by atoms with Crippen LogP contribution in [-0.2, 0) is 4.79 Å². The normalized spacial score (nSPS) is 10.4. The van der Waals surface area contributed by atoms with Crippen molar-refractivity contribution in [3.05, 3.63) is 69.7 Å². The molecule has 0 bridgehead atoms. The van der Waals surface area contributed by atoms with Crippen LogP contribution in [0.1, 0.15) is 11.1 Å². The van der Waals surface area contributed by atoms with Gasteiger partial charge in [0.2, 0.25) is 0 Å². The van der Waals surface area contributed by atoms with Crippen molar-refractivity contribution in [2.75, 3.05) is 5.32 Å². The Bertz CT molecular complexity index is 811. The van der Waals surface area contributed by atoms with Gasteiger partial charge in [0.1, 0.15) is 11.6 Å². The number of carbonyl (C=O) groups is 1. The van der Waals surface area contributed by atoms with Gasteiger partial charge in [-0.2, -0.15) is 10.5 Å². The molecule has 0 saturated carbocycles. The number of nitriles is 2. The first-order valence-electron chi connectivity index (χ1n) is 6.31. The minimum absolute atomic E-state index is 0.00955. The molecule has 0 radical (unpaired) electrons. The first-order valence-corrected chi connectivity index (χ1v) is 7.10. The summed E-state index contributed by atoms with van der Waals surface area (Å²) in [4.78, 5) is 12.1. The van der Waals surface area contributed by atoms with Gasteiger partial charge in [0, 0.05) is 10.2 Å². The smallest absolute Gasteiger partial charge is 0.266 e. The highest BCUT2D eigenvalue weighted by atomic mass is 79.9. The van der Waals surface area contributed by atoms with E-state index in [2.05, 4.69) is 21.2 Å². The highest BCUT2D eigenvalue weighted by Crippen LogP contribution is 2.17. The van der Waals surface area contributed by atoms with E-state index in [0.717, 1.165) is 4.47 Å². The van der Waals surface area contributed by atoms with Crippen molar-refractivity contribution < 1.29 is 4.79 Å². The lowest BCUT2D eigenvalue weighted by atomic mass is 10.1. The number of nitrogens with zero attached hydrogens (tertiary/aromatic N) is 2. The molecule has 106 valence electrons. The van der Waals surface area contributed by atoms with E-state index in [1.54, 1.807) is 42.5 Å². The third-order valence-corrected chi connectivity index (χ3v) is 3.29. The van der Waals surface area contributed by atoms with Crippen molar-refractivity contribution in [2.24, 2.45) is 0 Å². The monoisotopic (exact) mass is 351 g/mol. The zero-order valence-electron chi connectivity index (χ0n) is 11.4. The Labute approximate surface area is 136 Å². The number of anilines is 1. The van der Waals surface area contributed by atoms with Gasteiger partial charge in [0.15, 0.2) is 0 Å². The van der Waals surface area contributed by atoms with Gasteiger partial charge in [-0.05, 0) is 42.0 Å². The molecule has 1 N–H and O–H groups in total. The number of hydrogen-bond acceptors (Lipinski definition) is 3. The molecule has 0 heterocycles. The summed E-state index contributed by atoms with van der Waals surface area (Å²) >= 11 is 3.32. The van der Waals surface area contributed by atoms with Crippen LogP contribution in [0.25, 0.3) is 6.08 Å². The first kappa shape index (κ1) is 15.5. The molecule has 0 fully saturated rings. The van der Waals surface area contributed by atoms with Crippen LogP contribution < -0.4 is 5.32 Å². The van der Waals surface area contributed by atoms with Gasteiger partial charge in [0.25, 0.3) is 5.91 Å². The number of benzene rings is 2. The van der Waals surface area contributed by atoms with Gasteiger partial charge in [0.05, 0.1) is 11.6 Å². The number of halogens is 1. The average molecular weight is 352 g/mol. The third kappa shape index (κ3) is 4.05. The Kier molecular flexibility index (Phi) is 5.08. The molecule has 2 rings (SSSR count). The van der Waals surface area contributed by atoms with Crippen LogP contribution in [0.3, 0.4) is 0 Å². The van der Waals surface area contributed by atoms with Gasteiger partial charge in [-0.25, -0.2) is 0 Å². The molecule has 0 unspecified atom stereocenters. The van der Waals surface area contributed by atoms with Gasteiger partial charge in [-0.3, -0.25) is 4.79 Å². The lowest BCUT2D eigenvalue weighted by Crippen LogP contribution is -2.13. The molecular formula is C17H10BrN3O. The predicted octanol–water partition coefficient (Wildman–Crippen LogP) is 3.87. The van der Waals surface area contributed by atoms with E-state index < -0.39 is 5.91 Å². The molecule has 0 atom stereocenters. The molecule has 5 heteroatoms. The fourth-order valence-corrected chi connectivity index (χ4v) is 2.13. The van der Waals surface area contributed by atoms with E-state index in [1.165, 1.54) is 6.08 Å². The maximum atomic E-state index is 12.1. The summed E-state index contributed by atoms with van der Waals surface area (Å²) < 4.78 is 0.833. The number of amides is 1. The minimum Gasteiger partial charge on any atom is -0.321 e. The van der Waals surface area contributed by atoms with Crippen molar-refractivity contribution in [1.82, 2.24) is 0 Å². The second-order valence-corrected chi connectivity index (χ2v) is 5.28. The van der Waals surface area contributed by atoms with E-state index in [1.807, 2.05) is 18.2 Å². The molecule has 4 nitrogen and oxygen atoms in total. The van der Waals surface area contributed by atoms with Crippen LogP contribution in [0.2, 0.25) is 0 Å². The average Bonchev–Trinajstić information content (AvgIpc) is 2.53. The molecule has 0 aliphatic heterocycles. The summed E-state index contributed by atoms with van der Waals surface area (Å²) in [7, 11) is 0. The molecule has 0 aliphatic carbocycles. The topological polar surface area (TPSA) is 76.7 Å². The first-order chi connectivity index (χ1) is 10.6. The fraction of sp³-hybridized carbons (Fsp3) is 0. The molecule has 0 aliphatic rings. The summed E-state index contributed by atoms with van der Waals surface area (Å²) in [5, 5.41) is 20.6. The van der Waals surface area contributed by atoms with Crippen molar-refractivity contribution in [1.29, 1.82) is 10.5 Å². The number of carbonyl (C=O) groups excluding carboxylic acids is 1. The van der Waals surface area contributed by atoms with Crippen LogP contribution in [0, 0.1) is 22.7 Å². The Morgan fingerprint density at radius 3 is 2.45 bits per heavy atom. The molecule has 0 saturated heterocycles. The van der Waals surface area contributed by atoms with Gasteiger partial charge in [-0.15, -0.1) is 0 Å². The maximum absolute atomic E-state index is 12.1. The molecule has 22 heavy (non-hydrogen) atoms. The summed E-state index contributed by atoms with van der Waals surface area (Å²) in [5.74, 6) is -0.482. The van der Waals surface area contributed by atoms with E-state index in [0.29, 0.717) is 16.8 Å². The molecule has 0 aromatic heterocycles. The minimum atomic E-state index is -0.482. The number of nitrogens with one attached hydrogen (secondary N) is 1. The van der Waals surface area contributed by atoms with Gasteiger partial charge >= 0.3 is 0 Å². The third-order valence-electron chi connectivity index (χ3n) is 2.80. The summed E-state index contributed by atoms with van der Waals surface area (Å²) in [6.45, 7) is 0. The van der Waals surface area contributed by atoms with Crippen LogP contribution in [0.15, 0.2) is 58.6 Å². The van der Waals surface area contributed by atoms with Crippen LogP contribution in [0.5, 0.6) is 0 Å². The molecular weight excluding hydrogens is 342 g/mol. The largest absolute Gasteiger partial charge is 0.321 e. The quantitative estimate of drug-likeness (QED) is 0.673. The molecule has 2 aromatic carbocycles. The van der Waals surface area contributed by atoms with Crippen molar-refractivity contribution in [3.63, 3.8) is 0 Å². The summed E-state index contributed by atoms with van der Waals surface area (Å²) in [5.41, 5.74) is 1.79. The summed E-state index contributed by atoms with van der Waals surface area (Å²) in [6, 6.07) is 17.6. The Balaban J connectivity index is 2.20. The van der Waals surface area contributed by atoms with Crippen LogP contribution in [0.4, 0.5) is 5.69 Å². The summed E-state index contributed by atoms with van der Waals surface area (Å²) in [6.07, 6.45) is 1.48. The van der Waals surface area contributed by atoms with E-state index in [4.69, 9.17) is 10.5 Å². The highest BCUT2D eigenvalue weighted by Gasteiger charge is 2.09. The van der Waals surface area contributed by atoms with Crippen molar-refractivity contribution in [3.8, 4) is 12.1 Å². The standard InChI is InChI=1S/C17H10BrN3O/c18-15-2-1-3-16(9-15)21-17(22)14(11-20)8-12-4-6-13(10-19)7-5-12/h1-9H,(H,21,22)/b14-8-. The molecule has 2 aromatic rings. The Morgan fingerprint density at radius 1 is 1.14 bits per heavy atom. The fourth-order valence-electron chi connectivity index (χ4n) is 1.73. The van der Waals surface area contributed by atoms with E-state index in [-0.39, 0.29) is 5.57 Å². The molecule has 0 spiro atoms. The lowest BCUT2D eigenvalue weighted by molar-refractivity contribution is -0.112. The van der Waals surface area contributed by atoms with Gasteiger partial charge < -0.3 is 5.32 Å². The zero-order chi connectivity index (χ0) is 15.9.